The predicted octanol–water partition coefficient (Wildman–Crippen LogP) is 2.12. The van der Waals surface area contributed by atoms with Crippen LogP contribution < -0.4 is 0 Å². The van der Waals surface area contributed by atoms with Crippen molar-refractivity contribution in [2.45, 2.75) is 18.9 Å². The Hall–Kier alpha value is -0.820. The molecule has 1 nitrogen and oxygen atoms in total. The number of hydrogen-bond acceptors (Lipinski definition) is 1. The summed E-state index contributed by atoms with van der Waals surface area (Å²) in [7, 11) is 0. The summed E-state index contributed by atoms with van der Waals surface area (Å²) < 4.78 is 0. The van der Waals surface area contributed by atoms with Crippen LogP contribution in [0.2, 0.25) is 0 Å². The summed E-state index contributed by atoms with van der Waals surface area (Å²) in [6.45, 7) is 5.46. The van der Waals surface area contributed by atoms with Gasteiger partial charge in [0.2, 0.25) is 0 Å². The van der Waals surface area contributed by atoms with Crippen LogP contribution in [0.15, 0.2) is 30.3 Å². The molecule has 1 rings (SSSR count). The topological polar surface area (TPSA) is 20.2 Å². The van der Waals surface area contributed by atoms with E-state index in [0.29, 0.717) is 6.42 Å². The van der Waals surface area contributed by atoms with Crippen LogP contribution in [0.1, 0.15) is 18.9 Å². The third kappa shape index (κ3) is 1.81. The Kier molecular flexibility index (Phi) is 2.30. The second kappa shape index (κ2) is 3.05. The van der Waals surface area contributed by atoms with Gasteiger partial charge in [-0.2, -0.15) is 0 Å². The van der Waals surface area contributed by atoms with Gasteiger partial charge >= 0.3 is 0 Å². The molecule has 0 aromatic heterocycles. The first-order valence-electron chi connectivity index (χ1n) is 3.74. The zero-order valence-corrected chi connectivity index (χ0v) is 6.75. The maximum atomic E-state index is 9.73. The third-order valence-electron chi connectivity index (χ3n) is 1.88. The predicted molar refractivity (Wildman–Crippen MR) is 46.0 cm³/mol. The summed E-state index contributed by atoms with van der Waals surface area (Å²) in [5, 5.41) is 9.73. The molecule has 0 aliphatic carbocycles. The molecule has 11 heavy (non-hydrogen) atoms. The molecule has 0 saturated heterocycles. The smallest absolute Gasteiger partial charge is 0.0868 e. The molecule has 0 aliphatic rings. The molecule has 1 radical (unpaired) electrons. The maximum absolute atomic E-state index is 9.73. The van der Waals surface area contributed by atoms with Crippen LogP contribution in [0.25, 0.3) is 0 Å². The Bertz CT molecular complexity index is 214. The molecule has 1 atom stereocenters. The molecule has 0 heterocycles. The summed E-state index contributed by atoms with van der Waals surface area (Å²) in [6.07, 6.45) is 0.497. The Balaban J connectivity index is 2.93. The lowest BCUT2D eigenvalue weighted by Gasteiger charge is -2.21. The summed E-state index contributed by atoms with van der Waals surface area (Å²) in [5.74, 6) is 0. The van der Waals surface area contributed by atoms with Gasteiger partial charge in [-0.05, 0) is 18.9 Å². The second-order valence-corrected chi connectivity index (χ2v) is 2.89. The van der Waals surface area contributed by atoms with Gasteiger partial charge in [0.1, 0.15) is 0 Å². The summed E-state index contributed by atoms with van der Waals surface area (Å²) >= 11 is 0. The van der Waals surface area contributed by atoms with E-state index in [1.165, 1.54) is 0 Å². The van der Waals surface area contributed by atoms with Gasteiger partial charge in [-0.1, -0.05) is 37.3 Å². The number of aliphatic hydroxyl groups is 1. The standard InChI is InChI=1S/C10H13O/c1-3-10(2,11)9-7-5-4-6-8-9/h4-8,11H,1,3H2,2H3/t10-/m1/s1. The van der Waals surface area contributed by atoms with Gasteiger partial charge in [0.25, 0.3) is 0 Å². The van der Waals surface area contributed by atoms with Crippen molar-refractivity contribution in [1.82, 2.24) is 0 Å². The van der Waals surface area contributed by atoms with E-state index in [2.05, 4.69) is 6.92 Å². The average Bonchev–Trinajstić information content (AvgIpc) is 2.06. The Morgan fingerprint density at radius 2 is 1.91 bits per heavy atom. The lowest BCUT2D eigenvalue weighted by atomic mass is 9.94. The van der Waals surface area contributed by atoms with Crippen molar-refractivity contribution < 1.29 is 5.11 Å². The second-order valence-electron chi connectivity index (χ2n) is 2.89. The minimum Gasteiger partial charge on any atom is -0.385 e. The SMILES string of the molecule is [CH2]C[C@@](C)(O)c1ccccc1. The number of hydrogen-bond donors (Lipinski definition) is 1. The van der Waals surface area contributed by atoms with E-state index < -0.39 is 5.60 Å². The van der Waals surface area contributed by atoms with Gasteiger partial charge in [-0.15, -0.1) is 0 Å². The fraction of sp³-hybridized carbons (Fsp3) is 0.300. The minimum atomic E-state index is -0.777. The molecule has 0 spiro atoms. The largest absolute Gasteiger partial charge is 0.385 e. The highest BCUT2D eigenvalue weighted by atomic mass is 16.3. The van der Waals surface area contributed by atoms with Crippen molar-refractivity contribution in [3.8, 4) is 0 Å². The third-order valence-corrected chi connectivity index (χ3v) is 1.88. The van der Waals surface area contributed by atoms with Crippen LogP contribution in [0.3, 0.4) is 0 Å². The summed E-state index contributed by atoms with van der Waals surface area (Å²) in [6, 6.07) is 9.58. The molecule has 0 bridgehead atoms. The van der Waals surface area contributed by atoms with Crippen molar-refractivity contribution >= 4 is 0 Å². The van der Waals surface area contributed by atoms with E-state index in [4.69, 9.17) is 0 Å². The average molecular weight is 149 g/mol. The molecule has 0 amide bonds. The highest BCUT2D eigenvalue weighted by Gasteiger charge is 2.18. The zero-order valence-electron chi connectivity index (χ0n) is 6.75. The lowest BCUT2D eigenvalue weighted by molar-refractivity contribution is 0.0598. The number of benzene rings is 1. The molecule has 1 heteroatoms. The van der Waals surface area contributed by atoms with E-state index in [1.54, 1.807) is 6.92 Å². The first kappa shape index (κ1) is 8.28. The van der Waals surface area contributed by atoms with Crippen LogP contribution in [0, 0.1) is 6.92 Å². The summed E-state index contributed by atoms with van der Waals surface area (Å²) in [4.78, 5) is 0. The molecule has 0 aliphatic heterocycles. The van der Waals surface area contributed by atoms with Gasteiger partial charge in [-0.3, -0.25) is 0 Å². The highest BCUT2D eigenvalue weighted by Crippen LogP contribution is 2.22. The molecule has 1 N–H and O–H groups in total. The van der Waals surface area contributed by atoms with Gasteiger partial charge < -0.3 is 5.11 Å². The van der Waals surface area contributed by atoms with Crippen molar-refractivity contribution in [3.05, 3.63) is 42.8 Å². The fourth-order valence-electron chi connectivity index (χ4n) is 0.942. The molecule has 0 unspecified atom stereocenters. The first-order chi connectivity index (χ1) is 5.17. The highest BCUT2D eigenvalue weighted by molar-refractivity contribution is 5.21. The fourth-order valence-corrected chi connectivity index (χ4v) is 0.942. The van der Waals surface area contributed by atoms with Crippen molar-refractivity contribution in [2.24, 2.45) is 0 Å². The van der Waals surface area contributed by atoms with Gasteiger partial charge in [-0.25, -0.2) is 0 Å². The molecule has 0 saturated carbocycles. The van der Waals surface area contributed by atoms with Crippen molar-refractivity contribution in [3.63, 3.8) is 0 Å². The first-order valence-corrected chi connectivity index (χ1v) is 3.74. The molecule has 0 fully saturated rings. The van der Waals surface area contributed by atoms with E-state index in [0.717, 1.165) is 5.56 Å². The molecular weight excluding hydrogens is 136 g/mol. The van der Waals surface area contributed by atoms with E-state index in [1.807, 2.05) is 30.3 Å². The van der Waals surface area contributed by atoms with Crippen LogP contribution in [0.5, 0.6) is 0 Å². The van der Waals surface area contributed by atoms with Crippen LogP contribution >= 0.6 is 0 Å². The molecule has 59 valence electrons. The van der Waals surface area contributed by atoms with Crippen molar-refractivity contribution in [2.75, 3.05) is 0 Å². The van der Waals surface area contributed by atoms with Gasteiger partial charge in [0.15, 0.2) is 0 Å². The normalized spacial score (nSPS) is 15.9. The number of rotatable bonds is 2. The lowest BCUT2D eigenvalue weighted by Crippen LogP contribution is -2.19. The maximum Gasteiger partial charge on any atom is 0.0868 e. The van der Waals surface area contributed by atoms with E-state index in [-0.39, 0.29) is 0 Å². The molecule has 1 aromatic rings. The van der Waals surface area contributed by atoms with Crippen LogP contribution in [-0.2, 0) is 5.60 Å². The minimum absolute atomic E-state index is 0.497. The Morgan fingerprint density at radius 3 is 2.36 bits per heavy atom. The zero-order chi connectivity index (χ0) is 8.32. The quantitative estimate of drug-likeness (QED) is 0.682. The van der Waals surface area contributed by atoms with Crippen LogP contribution in [0.4, 0.5) is 0 Å². The summed E-state index contributed by atoms with van der Waals surface area (Å²) in [5.41, 5.74) is 0.149. The van der Waals surface area contributed by atoms with Gasteiger partial charge in [0.05, 0.1) is 5.60 Å². The van der Waals surface area contributed by atoms with Gasteiger partial charge in [0, 0.05) is 0 Å². The molecular formula is C10H13O. The van der Waals surface area contributed by atoms with E-state index >= 15 is 0 Å². The van der Waals surface area contributed by atoms with Crippen LogP contribution in [-0.4, -0.2) is 5.11 Å². The molecule has 1 aromatic carbocycles. The Morgan fingerprint density at radius 1 is 1.36 bits per heavy atom. The van der Waals surface area contributed by atoms with Crippen molar-refractivity contribution in [1.29, 1.82) is 0 Å². The van der Waals surface area contributed by atoms with E-state index in [9.17, 15) is 5.11 Å². The Labute approximate surface area is 67.7 Å². The monoisotopic (exact) mass is 149 g/mol.